The van der Waals surface area contributed by atoms with Gasteiger partial charge in [0, 0.05) is 18.3 Å². The second kappa shape index (κ2) is 3.78. The predicted molar refractivity (Wildman–Crippen MR) is 45.9 cm³/mol. The van der Waals surface area contributed by atoms with Gasteiger partial charge in [0.25, 0.3) is 0 Å². The molecule has 1 unspecified atom stereocenters. The van der Waals surface area contributed by atoms with Crippen LogP contribution in [0.2, 0.25) is 0 Å². The van der Waals surface area contributed by atoms with Crippen LogP contribution in [0.1, 0.15) is 12.5 Å². The zero-order chi connectivity index (χ0) is 8.10. The molecular formula is C10H11N. The average Bonchev–Trinajstić information content (AvgIpc) is 2.06. The maximum absolute atomic E-state index is 5.25. The largest absolute Gasteiger partial charge is 0.265 e. The number of nitrogens with zero attached hydrogens (tertiary/aromatic N) is 1. The first-order chi connectivity index (χ1) is 5.33. The van der Waals surface area contributed by atoms with Crippen LogP contribution >= 0.6 is 0 Å². The van der Waals surface area contributed by atoms with Crippen LogP contribution in [0.5, 0.6) is 0 Å². The summed E-state index contributed by atoms with van der Waals surface area (Å²) in [6, 6.07) is 3.99. The minimum atomic E-state index is 0.317. The van der Waals surface area contributed by atoms with Crippen LogP contribution in [-0.4, -0.2) is 4.98 Å². The summed E-state index contributed by atoms with van der Waals surface area (Å²) in [5.74, 6) is 3.01. The van der Waals surface area contributed by atoms with Gasteiger partial charge in [0.15, 0.2) is 0 Å². The van der Waals surface area contributed by atoms with Crippen LogP contribution in [0.4, 0.5) is 0 Å². The Morgan fingerprint density at radius 1 is 1.55 bits per heavy atom. The molecule has 1 nitrogen and oxygen atoms in total. The zero-order valence-electron chi connectivity index (χ0n) is 6.62. The Morgan fingerprint density at radius 2 is 2.18 bits per heavy atom. The number of aromatic nitrogens is 1. The van der Waals surface area contributed by atoms with Gasteiger partial charge in [0.2, 0.25) is 0 Å². The lowest BCUT2D eigenvalue weighted by Gasteiger charge is -2.01. The number of terminal acetylenes is 1. The highest BCUT2D eigenvalue weighted by Gasteiger charge is 1.97. The van der Waals surface area contributed by atoms with Gasteiger partial charge in [-0.05, 0) is 24.1 Å². The third kappa shape index (κ3) is 2.43. The van der Waals surface area contributed by atoms with Crippen molar-refractivity contribution in [2.45, 2.75) is 13.3 Å². The first-order valence-corrected chi connectivity index (χ1v) is 3.68. The van der Waals surface area contributed by atoms with Gasteiger partial charge in [0.1, 0.15) is 0 Å². The fraction of sp³-hybridized carbons (Fsp3) is 0.300. The van der Waals surface area contributed by atoms with E-state index < -0.39 is 0 Å². The molecule has 0 bridgehead atoms. The summed E-state index contributed by atoms with van der Waals surface area (Å²) in [4.78, 5) is 3.93. The Hall–Kier alpha value is -1.29. The highest BCUT2D eigenvalue weighted by atomic mass is 14.6. The Labute approximate surface area is 67.5 Å². The van der Waals surface area contributed by atoms with E-state index in [1.54, 1.807) is 12.4 Å². The van der Waals surface area contributed by atoms with Gasteiger partial charge >= 0.3 is 0 Å². The van der Waals surface area contributed by atoms with Crippen LogP contribution in [0.15, 0.2) is 24.5 Å². The summed E-state index contributed by atoms with van der Waals surface area (Å²) >= 11 is 0. The van der Waals surface area contributed by atoms with E-state index in [0.29, 0.717) is 5.92 Å². The Kier molecular flexibility index (Phi) is 2.68. The van der Waals surface area contributed by atoms with Crippen molar-refractivity contribution < 1.29 is 0 Å². The molecule has 0 aromatic carbocycles. The van der Waals surface area contributed by atoms with E-state index >= 15 is 0 Å². The fourth-order valence-electron chi connectivity index (χ4n) is 0.931. The molecule has 11 heavy (non-hydrogen) atoms. The van der Waals surface area contributed by atoms with E-state index in [1.165, 1.54) is 5.56 Å². The van der Waals surface area contributed by atoms with E-state index in [-0.39, 0.29) is 0 Å². The molecule has 1 atom stereocenters. The number of hydrogen-bond acceptors (Lipinski definition) is 1. The normalized spacial score (nSPS) is 12.0. The molecule has 0 aliphatic rings. The second-order valence-corrected chi connectivity index (χ2v) is 2.63. The van der Waals surface area contributed by atoms with Crippen LogP contribution in [-0.2, 0) is 6.42 Å². The molecule has 0 amide bonds. The molecule has 56 valence electrons. The van der Waals surface area contributed by atoms with Crippen LogP contribution in [0.25, 0.3) is 0 Å². The quantitative estimate of drug-likeness (QED) is 0.579. The molecule has 0 aliphatic carbocycles. The van der Waals surface area contributed by atoms with Crippen molar-refractivity contribution in [3.8, 4) is 12.3 Å². The van der Waals surface area contributed by atoms with E-state index in [0.717, 1.165) is 6.42 Å². The summed E-state index contributed by atoms with van der Waals surface area (Å²) in [6.45, 7) is 2.04. The van der Waals surface area contributed by atoms with E-state index in [1.807, 2.05) is 19.1 Å². The minimum absolute atomic E-state index is 0.317. The van der Waals surface area contributed by atoms with Gasteiger partial charge in [0.05, 0.1) is 0 Å². The van der Waals surface area contributed by atoms with Gasteiger partial charge in [-0.15, -0.1) is 12.3 Å². The van der Waals surface area contributed by atoms with Crippen molar-refractivity contribution in [3.05, 3.63) is 30.1 Å². The molecule has 1 heterocycles. The smallest absolute Gasteiger partial charge is 0.0270 e. The lowest BCUT2D eigenvalue weighted by Crippen LogP contribution is -1.95. The van der Waals surface area contributed by atoms with Crippen molar-refractivity contribution in [2.75, 3.05) is 0 Å². The summed E-state index contributed by atoms with van der Waals surface area (Å²) < 4.78 is 0. The molecule has 0 radical (unpaired) electrons. The summed E-state index contributed by atoms with van der Waals surface area (Å²) in [5, 5.41) is 0. The molecule has 0 aliphatic heterocycles. The average molecular weight is 145 g/mol. The van der Waals surface area contributed by atoms with Crippen molar-refractivity contribution >= 4 is 0 Å². The standard InChI is InChI=1S/C10H11N/c1-3-9(2)8-10-4-6-11-7-5-10/h1,4-7,9H,8H2,2H3. The third-order valence-electron chi connectivity index (χ3n) is 1.58. The van der Waals surface area contributed by atoms with E-state index in [9.17, 15) is 0 Å². The molecule has 0 fully saturated rings. The summed E-state index contributed by atoms with van der Waals surface area (Å²) in [7, 11) is 0. The highest BCUT2D eigenvalue weighted by Crippen LogP contribution is 2.05. The summed E-state index contributed by atoms with van der Waals surface area (Å²) in [6.07, 6.45) is 9.78. The molecule has 1 heteroatoms. The second-order valence-electron chi connectivity index (χ2n) is 2.63. The topological polar surface area (TPSA) is 12.9 Å². The molecule has 0 spiro atoms. The van der Waals surface area contributed by atoms with Gasteiger partial charge < -0.3 is 0 Å². The predicted octanol–water partition coefficient (Wildman–Crippen LogP) is 1.89. The van der Waals surface area contributed by atoms with Crippen molar-refractivity contribution in [1.82, 2.24) is 4.98 Å². The van der Waals surface area contributed by atoms with Crippen molar-refractivity contribution in [3.63, 3.8) is 0 Å². The fourth-order valence-corrected chi connectivity index (χ4v) is 0.931. The maximum Gasteiger partial charge on any atom is 0.0270 e. The first-order valence-electron chi connectivity index (χ1n) is 3.68. The minimum Gasteiger partial charge on any atom is -0.265 e. The Bertz CT molecular complexity index is 245. The molecule has 1 aromatic rings. The van der Waals surface area contributed by atoms with Gasteiger partial charge in [-0.2, -0.15) is 0 Å². The van der Waals surface area contributed by atoms with E-state index in [2.05, 4.69) is 10.9 Å². The Balaban J connectivity index is 2.60. The molecule has 0 saturated heterocycles. The van der Waals surface area contributed by atoms with Gasteiger partial charge in [-0.3, -0.25) is 4.98 Å². The first kappa shape index (κ1) is 7.81. The van der Waals surface area contributed by atoms with Gasteiger partial charge in [-0.25, -0.2) is 0 Å². The molecule has 0 saturated carbocycles. The molecule has 1 rings (SSSR count). The van der Waals surface area contributed by atoms with Crippen LogP contribution in [0.3, 0.4) is 0 Å². The SMILES string of the molecule is C#CC(C)Cc1ccncc1. The van der Waals surface area contributed by atoms with Crippen LogP contribution < -0.4 is 0 Å². The molecule has 1 aromatic heterocycles. The molecule has 0 N–H and O–H groups in total. The summed E-state index contributed by atoms with van der Waals surface area (Å²) in [5.41, 5.74) is 1.26. The van der Waals surface area contributed by atoms with Crippen molar-refractivity contribution in [1.29, 1.82) is 0 Å². The van der Waals surface area contributed by atoms with Crippen LogP contribution in [0, 0.1) is 18.3 Å². The number of hydrogen-bond donors (Lipinski definition) is 0. The lowest BCUT2D eigenvalue weighted by atomic mass is 10.0. The van der Waals surface area contributed by atoms with E-state index in [4.69, 9.17) is 6.42 Å². The van der Waals surface area contributed by atoms with Crippen molar-refractivity contribution in [2.24, 2.45) is 5.92 Å². The highest BCUT2D eigenvalue weighted by molar-refractivity contribution is 5.12. The number of pyridine rings is 1. The van der Waals surface area contributed by atoms with Gasteiger partial charge in [-0.1, -0.05) is 6.92 Å². The number of rotatable bonds is 2. The maximum atomic E-state index is 5.25. The monoisotopic (exact) mass is 145 g/mol. The third-order valence-corrected chi connectivity index (χ3v) is 1.58. The Morgan fingerprint density at radius 3 is 2.73 bits per heavy atom. The zero-order valence-corrected chi connectivity index (χ0v) is 6.62. The molecular weight excluding hydrogens is 134 g/mol. The lowest BCUT2D eigenvalue weighted by molar-refractivity contribution is 0.750.